The third kappa shape index (κ3) is 3.70. The molecule has 0 aliphatic rings. The van der Waals surface area contributed by atoms with E-state index in [2.05, 4.69) is 9.93 Å². The quantitative estimate of drug-likeness (QED) is 0.697. The fraction of sp³-hybridized carbons (Fsp3) is 0.188. The highest BCUT2D eigenvalue weighted by molar-refractivity contribution is 7.89. The second-order valence-corrected chi connectivity index (χ2v) is 6.58. The number of rotatable bonds is 4. The minimum absolute atomic E-state index is 0.203. The normalized spacial score (nSPS) is 12.2. The molecule has 0 saturated heterocycles. The molecule has 2 rings (SSSR count). The maximum absolute atomic E-state index is 12.1. The number of hydrogen-bond acceptors (Lipinski definition) is 3. The van der Waals surface area contributed by atoms with E-state index in [1.807, 2.05) is 38.1 Å². The summed E-state index contributed by atoms with van der Waals surface area (Å²) in [4.78, 5) is 2.48. The van der Waals surface area contributed by atoms with Gasteiger partial charge >= 0.3 is 0 Å². The zero-order chi connectivity index (χ0) is 15.5. The Hall–Kier alpha value is -2.14. The molecule has 0 aromatic heterocycles. The van der Waals surface area contributed by atoms with E-state index in [4.69, 9.17) is 0 Å². The fourth-order valence-corrected chi connectivity index (χ4v) is 2.79. The Balaban J connectivity index is 2.23. The second kappa shape index (κ2) is 6.10. The first kappa shape index (κ1) is 15.3. The summed E-state index contributed by atoms with van der Waals surface area (Å²) >= 11 is 0. The summed E-state index contributed by atoms with van der Waals surface area (Å²) in [6, 6.07) is 14.3. The molecule has 0 spiro atoms. The Morgan fingerprint density at radius 2 is 1.62 bits per heavy atom. The van der Waals surface area contributed by atoms with Crippen molar-refractivity contribution in [2.24, 2.45) is 5.10 Å². The SMILES string of the molecule is C/C(=N\NS(=O)(=O)c1ccc(C)cc1)c1ccccc1C. The van der Waals surface area contributed by atoms with Gasteiger partial charge < -0.3 is 0 Å². The van der Waals surface area contributed by atoms with E-state index in [0.717, 1.165) is 16.7 Å². The maximum Gasteiger partial charge on any atom is 0.276 e. The third-order valence-corrected chi connectivity index (χ3v) is 4.42. The van der Waals surface area contributed by atoms with E-state index in [9.17, 15) is 8.42 Å². The molecule has 1 N–H and O–H groups in total. The predicted octanol–water partition coefficient (Wildman–Crippen LogP) is 3.01. The van der Waals surface area contributed by atoms with Crippen LogP contribution in [0.4, 0.5) is 0 Å². The largest absolute Gasteiger partial charge is 0.276 e. The number of sulfonamides is 1. The summed E-state index contributed by atoms with van der Waals surface area (Å²) in [5, 5.41) is 4.00. The Labute approximate surface area is 125 Å². The summed E-state index contributed by atoms with van der Waals surface area (Å²) in [6.45, 7) is 5.65. The smallest absolute Gasteiger partial charge is 0.200 e. The molecule has 0 amide bonds. The molecule has 0 aliphatic carbocycles. The first-order valence-electron chi connectivity index (χ1n) is 6.59. The number of nitrogens with zero attached hydrogens (tertiary/aromatic N) is 1. The zero-order valence-corrected chi connectivity index (χ0v) is 13.1. The van der Waals surface area contributed by atoms with Crippen LogP contribution in [0.25, 0.3) is 0 Å². The molecule has 0 atom stereocenters. The van der Waals surface area contributed by atoms with Crippen LogP contribution in [0.5, 0.6) is 0 Å². The van der Waals surface area contributed by atoms with Gasteiger partial charge in [0.05, 0.1) is 10.6 Å². The molecule has 110 valence electrons. The molecule has 0 radical (unpaired) electrons. The van der Waals surface area contributed by atoms with Crippen LogP contribution in [0, 0.1) is 13.8 Å². The van der Waals surface area contributed by atoms with E-state index < -0.39 is 10.0 Å². The van der Waals surface area contributed by atoms with Crippen LogP contribution in [-0.2, 0) is 10.0 Å². The highest BCUT2D eigenvalue weighted by Crippen LogP contribution is 2.11. The lowest BCUT2D eigenvalue weighted by Crippen LogP contribution is -2.20. The zero-order valence-electron chi connectivity index (χ0n) is 12.3. The summed E-state index contributed by atoms with van der Waals surface area (Å²) in [7, 11) is -3.63. The van der Waals surface area contributed by atoms with Gasteiger partial charge in [-0.3, -0.25) is 0 Å². The van der Waals surface area contributed by atoms with Gasteiger partial charge in [-0.05, 0) is 38.5 Å². The molecular weight excluding hydrogens is 284 g/mol. The fourth-order valence-electron chi connectivity index (χ4n) is 1.94. The average molecular weight is 302 g/mol. The second-order valence-electron chi connectivity index (χ2n) is 4.92. The van der Waals surface area contributed by atoms with Crippen molar-refractivity contribution in [2.75, 3.05) is 0 Å². The number of hydrogen-bond donors (Lipinski definition) is 1. The monoisotopic (exact) mass is 302 g/mol. The van der Waals surface area contributed by atoms with Crippen LogP contribution >= 0.6 is 0 Å². The number of aryl methyl sites for hydroxylation is 2. The molecule has 0 saturated carbocycles. The molecule has 0 fully saturated rings. The number of benzene rings is 2. The molecule has 0 heterocycles. The Morgan fingerprint density at radius 1 is 1.00 bits per heavy atom. The Morgan fingerprint density at radius 3 is 2.24 bits per heavy atom. The van der Waals surface area contributed by atoms with E-state index in [1.165, 1.54) is 0 Å². The van der Waals surface area contributed by atoms with Crippen molar-refractivity contribution in [1.82, 2.24) is 4.83 Å². The Bertz CT molecular complexity index is 763. The van der Waals surface area contributed by atoms with E-state index >= 15 is 0 Å². The number of nitrogens with one attached hydrogen (secondary N) is 1. The summed E-state index contributed by atoms with van der Waals surface area (Å²) in [5.74, 6) is 0. The van der Waals surface area contributed by atoms with Crippen LogP contribution in [-0.4, -0.2) is 14.1 Å². The van der Waals surface area contributed by atoms with Gasteiger partial charge in [0.2, 0.25) is 0 Å². The van der Waals surface area contributed by atoms with Crippen LogP contribution in [0.2, 0.25) is 0 Å². The first-order chi connectivity index (χ1) is 9.90. The predicted molar refractivity (Wildman–Crippen MR) is 84.9 cm³/mol. The molecule has 4 nitrogen and oxygen atoms in total. The highest BCUT2D eigenvalue weighted by atomic mass is 32.2. The molecule has 5 heteroatoms. The van der Waals surface area contributed by atoms with Crippen molar-refractivity contribution >= 4 is 15.7 Å². The molecule has 0 aliphatic heterocycles. The molecule has 0 bridgehead atoms. The van der Waals surface area contributed by atoms with E-state index in [-0.39, 0.29) is 4.90 Å². The Kier molecular flexibility index (Phi) is 4.43. The van der Waals surface area contributed by atoms with Crippen LogP contribution < -0.4 is 4.83 Å². The van der Waals surface area contributed by atoms with Crippen LogP contribution in [0.15, 0.2) is 58.5 Å². The van der Waals surface area contributed by atoms with Gasteiger partial charge in [-0.2, -0.15) is 18.4 Å². The summed E-state index contributed by atoms with van der Waals surface area (Å²) in [6.07, 6.45) is 0. The average Bonchev–Trinajstić information content (AvgIpc) is 2.46. The van der Waals surface area contributed by atoms with Crippen LogP contribution in [0.3, 0.4) is 0 Å². The van der Waals surface area contributed by atoms with E-state index in [1.54, 1.807) is 31.2 Å². The minimum Gasteiger partial charge on any atom is -0.200 e. The van der Waals surface area contributed by atoms with Crippen LogP contribution in [0.1, 0.15) is 23.6 Å². The van der Waals surface area contributed by atoms with Crippen molar-refractivity contribution in [3.63, 3.8) is 0 Å². The van der Waals surface area contributed by atoms with Gasteiger partial charge in [0, 0.05) is 5.56 Å². The molecule has 21 heavy (non-hydrogen) atoms. The summed E-state index contributed by atoms with van der Waals surface area (Å²) in [5.41, 5.74) is 3.61. The minimum atomic E-state index is -3.63. The highest BCUT2D eigenvalue weighted by Gasteiger charge is 2.12. The topological polar surface area (TPSA) is 58.5 Å². The van der Waals surface area contributed by atoms with Crippen molar-refractivity contribution in [3.05, 3.63) is 65.2 Å². The van der Waals surface area contributed by atoms with Crippen molar-refractivity contribution in [2.45, 2.75) is 25.7 Å². The molecular formula is C16H18N2O2S. The van der Waals surface area contributed by atoms with Gasteiger partial charge in [-0.1, -0.05) is 42.0 Å². The van der Waals surface area contributed by atoms with Gasteiger partial charge in [-0.25, -0.2) is 0 Å². The van der Waals surface area contributed by atoms with E-state index in [0.29, 0.717) is 5.71 Å². The molecule has 0 unspecified atom stereocenters. The standard InChI is InChI=1S/C16H18N2O2S/c1-12-8-10-15(11-9-12)21(19,20)18-17-14(3)16-7-5-4-6-13(16)2/h4-11,18H,1-3H3/b17-14+. The maximum atomic E-state index is 12.1. The third-order valence-electron chi connectivity index (χ3n) is 3.20. The lowest BCUT2D eigenvalue weighted by Gasteiger charge is -2.07. The molecule has 2 aromatic carbocycles. The van der Waals surface area contributed by atoms with Gasteiger partial charge in [-0.15, -0.1) is 0 Å². The van der Waals surface area contributed by atoms with Gasteiger partial charge in [0.1, 0.15) is 0 Å². The summed E-state index contributed by atoms with van der Waals surface area (Å²) < 4.78 is 24.3. The lowest BCUT2D eigenvalue weighted by atomic mass is 10.1. The van der Waals surface area contributed by atoms with Gasteiger partial charge in [0.15, 0.2) is 0 Å². The van der Waals surface area contributed by atoms with Crippen molar-refractivity contribution in [1.29, 1.82) is 0 Å². The first-order valence-corrected chi connectivity index (χ1v) is 8.07. The van der Waals surface area contributed by atoms with Crippen molar-refractivity contribution < 1.29 is 8.42 Å². The molecule has 2 aromatic rings. The number of hydrazone groups is 1. The van der Waals surface area contributed by atoms with Crippen molar-refractivity contribution in [3.8, 4) is 0 Å². The lowest BCUT2D eigenvalue weighted by molar-refractivity contribution is 0.584. The van der Waals surface area contributed by atoms with Gasteiger partial charge in [0.25, 0.3) is 10.0 Å².